The summed E-state index contributed by atoms with van der Waals surface area (Å²) < 4.78 is 10.9. The van der Waals surface area contributed by atoms with Gasteiger partial charge in [-0.15, -0.1) is 0 Å². The van der Waals surface area contributed by atoms with Gasteiger partial charge in [0.15, 0.2) is 0 Å². The van der Waals surface area contributed by atoms with Crippen LogP contribution in [-0.4, -0.2) is 23.2 Å². The third kappa shape index (κ3) is 3.97. The topological polar surface area (TPSA) is 82.3 Å². The SMILES string of the molecule is NNc1ncc(Cl)c(OCCOc2ccccc2)n1. The molecule has 1 heterocycles. The Balaban J connectivity index is 1.82. The minimum absolute atomic E-state index is 0.239. The monoisotopic (exact) mass is 280 g/mol. The zero-order valence-corrected chi connectivity index (χ0v) is 10.8. The Morgan fingerprint density at radius 2 is 1.89 bits per heavy atom. The van der Waals surface area contributed by atoms with Crippen LogP contribution in [0.25, 0.3) is 0 Å². The zero-order chi connectivity index (χ0) is 13.5. The second-order valence-corrected chi connectivity index (χ2v) is 3.91. The van der Waals surface area contributed by atoms with E-state index >= 15 is 0 Å². The molecular formula is C12H13ClN4O2. The number of halogens is 1. The Labute approximate surface area is 115 Å². The minimum atomic E-state index is 0.239. The number of nitrogens with two attached hydrogens (primary N) is 1. The lowest BCUT2D eigenvalue weighted by atomic mass is 10.3. The molecule has 1 aromatic heterocycles. The van der Waals surface area contributed by atoms with Crippen molar-refractivity contribution in [1.29, 1.82) is 0 Å². The third-order valence-corrected chi connectivity index (χ3v) is 2.43. The lowest BCUT2D eigenvalue weighted by Gasteiger charge is -2.09. The molecule has 0 aliphatic rings. The predicted octanol–water partition coefficient (Wildman–Crippen LogP) is 1.87. The highest BCUT2D eigenvalue weighted by Crippen LogP contribution is 2.21. The number of nitrogens with zero attached hydrogens (tertiary/aromatic N) is 2. The Hall–Kier alpha value is -2.05. The molecule has 0 bridgehead atoms. The maximum absolute atomic E-state index is 5.89. The van der Waals surface area contributed by atoms with Gasteiger partial charge in [0.2, 0.25) is 11.8 Å². The molecule has 0 atom stereocenters. The molecule has 7 heteroatoms. The molecule has 1 aromatic carbocycles. The summed E-state index contributed by atoms with van der Waals surface area (Å²) >= 11 is 5.89. The Bertz CT molecular complexity index is 524. The molecule has 6 nitrogen and oxygen atoms in total. The number of hydrogen-bond donors (Lipinski definition) is 2. The van der Waals surface area contributed by atoms with Gasteiger partial charge in [-0.25, -0.2) is 10.8 Å². The number of hydrazine groups is 1. The van der Waals surface area contributed by atoms with Gasteiger partial charge in [0.25, 0.3) is 0 Å². The first-order chi connectivity index (χ1) is 9.29. The summed E-state index contributed by atoms with van der Waals surface area (Å²) in [4.78, 5) is 7.82. The molecule has 0 unspecified atom stereocenters. The van der Waals surface area contributed by atoms with E-state index < -0.39 is 0 Å². The number of anilines is 1. The smallest absolute Gasteiger partial charge is 0.240 e. The Morgan fingerprint density at radius 1 is 1.16 bits per heavy atom. The fourth-order valence-corrected chi connectivity index (χ4v) is 1.48. The molecule has 0 radical (unpaired) electrons. The Kier molecular flexibility index (Phi) is 4.77. The summed E-state index contributed by atoms with van der Waals surface area (Å²) in [5, 5.41) is 0.318. The molecule has 0 saturated carbocycles. The number of rotatable bonds is 6. The van der Waals surface area contributed by atoms with Crippen molar-refractivity contribution >= 4 is 17.5 Å². The maximum atomic E-state index is 5.89. The number of ether oxygens (including phenoxy) is 2. The molecule has 100 valence electrons. The van der Waals surface area contributed by atoms with E-state index in [1.54, 1.807) is 0 Å². The van der Waals surface area contributed by atoms with E-state index in [1.165, 1.54) is 6.20 Å². The number of aromatic nitrogens is 2. The number of para-hydroxylation sites is 1. The lowest BCUT2D eigenvalue weighted by Crippen LogP contribution is -2.13. The second kappa shape index (κ2) is 6.77. The molecule has 0 aliphatic heterocycles. The summed E-state index contributed by atoms with van der Waals surface area (Å²) in [6, 6.07) is 9.46. The zero-order valence-electron chi connectivity index (χ0n) is 10.0. The molecule has 19 heavy (non-hydrogen) atoms. The molecule has 0 fully saturated rings. The standard InChI is InChI=1S/C12H13ClN4O2/c13-10-8-15-12(17-14)16-11(10)19-7-6-18-9-4-2-1-3-5-9/h1-5,8H,6-7,14H2,(H,15,16,17). The van der Waals surface area contributed by atoms with Crippen LogP contribution in [0.2, 0.25) is 5.02 Å². The highest BCUT2D eigenvalue weighted by atomic mass is 35.5. The van der Waals surface area contributed by atoms with Crippen LogP contribution in [0.4, 0.5) is 5.95 Å². The van der Waals surface area contributed by atoms with Gasteiger partial charge in [0.1, 0.15) is 24.0 Å². The largest absolute Gasteiger partial charge is 0.490 e. The second-order valence-electron chi connectivity index (χ2n) is 3.50. The molecule has 0 spiro atoms. The average Bonchev–Trinajstić information content (AvgIpc) is 2.46. The van der Waals surface area contributed by atoms with E-state index in [9.17, 15) is 0 Å². The van der Waals surface area contributed by atoms with Gasteiger partial charge < -0.3 is 9.47 Å². The molecule has 2 rings (SSSR count). The van der Waals surface area contributed by atoms with Gasteiger partial charge in [0.05, 0.1) is 6.20 Å². The van der Waals surface area contributed by atoms with Crippen molar-refractivity contribution in [1.82, 2.24) is 9.97 Å². The fourth-order valence-electron chi connectivity index (χ4n) is 1.34. The van der Waals surface area contributed by atoms with Gasteiger partial charge >= 0.3 is 0 Å². The first-order valence-electron chi connectivity index (χ1n) is 5.59. The van der Waals surface area contributed by atoms with Crippen LogP contribution in [0.1, 0.15) is 0 Å². The molecular weight excluding hydrogens is 268 g/mol. The predicted molar refractivity (Wildman–Crippen MR) is 72.3 cm³/mol. The van der Waals surface area contributed by atoms with E-state index in [0.717, 1.165) is 5.75 Å². The normalized spacial score (nSPS) is 10.0. The summed E-state index contributed by atoms with van der Waals surface area (Å²) in [5.74, 6) is 6.49. The van der Waals surface area contributed by atoms with Crippen LogP contribution in [0.3, 0.4) is 0 Å². The van der Waals surface area contributed by atoms with E-state index in [1.807, 2.05) is 30.3 Å². The van der Waals surface area contributed by atoms with Crippen molar-refractivity contribution in [2.75, 3.05) is 18.6 Å². The van der Waals surface area contributed by atoms with E-state index in [4.69, 9.17) is 26.9 Å². The third-order valence-electron chi connectivity index (χ3n) is 2.18. The Morgan fingerprint density at radius 3 is 2.63 bits per heavy atom. The minimum Gasteiger partial charge on any atom is -0.490 e. The number of nitrogen functional groups attached to an aromatic ring is 1. The van der Waals surface area contributed by atoms with E-state index in [0.29, 0.717) is 18.2 Å². The van der Waals surface area contributed by atoms with Gasteiger partial charge in [-0.3, -0.25) is 5.43 Å². The van der Waals surface area contributed by atoms with Gasteiger partial charge in [-0.05, 0) is 12.1 Å². The van der Waals surface area contributed by atoms with Crippen molar-refractivity contribution in [2.45, 2.75) is 0 Å². The summed E-state index contributed by atoms with van der Waals surface area (Å²) in [6.45, 7) is 0.700. The molecule has 0 amide bonds. The maximum Gasteiger partial charge on any atom is 0.240 e. The molecule has 0 saturated heterocycles. The number of nitrogens with one attached hydrogen (secondary N) is 1. The highest BCUT2D eigenvalue weighted by molar-refractivity contribution is 6.31. The van der Waals surface area contributed by atoms with Crippen molar-refractivity contribution < 1.29 is 9.47 Å². The highest BCUT2D eigenvalue weighted by Gasteiger charge is 2.05. The van der Waals surface area contributed by atoms with Crippen molar-refractivity contribution in [2.24, 2.45) is 5.84 Å². The number of benzene rings is 1. The first kappa shape index (κ1) is 13.4. The van der Waals surface area contributed by atoms with Crippen LogP contribution in [0.15, 0.2) is 36.5 Å². The van der Waals surface area contributed by atoms with Crippen LogP contribution in [0, 0.1) is 0 Å². The van der Waals surface area contributed by atoms with Crippen LogP contribution in [0.5, 0.6) is 11.6 Å². The van der Waals surface area contributed by atoms with Crippen molar-refractivity contribution in [3.8, 4) is 11.6 Å². The van der Waals surface area contributed by atoms with E-state index in [-0.39, 0.29) is 11.8 Å². The molecule has 3 N–H and O–H groups in total. The van der Waals surface area contributed by atoms with Crippen molar-refractivity contribution in [3.63, 3.8) is 0 Å². The molecule has 2 aromatic rings. The summed E-state index contributed by atoms with van der Waals surface area (Å²) in [6.07, 6.45) is 1.41. The fraction of sp³-hybridized carbons (Fsp3) is 0.167. The lowest BCUT2D eigenvalue weighted by molar-refractivity contribution is 0.212. The van der Waals surface area contributed by atoms with Crippen molar-refractivity contribution in [3.05, 3.63) is 41.6 Å². The van der Waals surface area contributed by atoms with E-state index in [2.05, 4.69) is 15.4 Å². The van der Waals surface area contributed by atoms with Crippen LogP contribution < -0.4 is 20.7 Å². The van der Waals surface area contributed by atoms with Gasteiger partial charge in [0, 0.05) is 0 Å². The van der Waals surface area contributed by atoms with Crippen LogP contribution in [-0.2, 0) is 0 Å². The van der Waals surface area contributed by atoms with Crippen LogP contribution >= 0.6 is 11.6 Å². The van der Waals surface area contributed by atoms with Gasteiger partial charge in [-0.2, -0.15) is 4.98 Å². The summed E-state index contributed by atoms with van der Waals surface area (Å²) in [7, 11) is 0. The summed E-state index contributed by atoms with van der Waals surface area (Å²) in [5.41, 5.74) is 2.32. The first-order valence-corrected chi connectivity index (χ1v) is 5.97. The number of hydrogen-bond acceptors (Lipinski definition) is 6. The quantitative estimate of drug-likeness (QED) is 0.478. The van der Waals surface area contributed by atoms with Gasteiger partial charge in [-0.1, -0.05) is 29.8 Å². The average molecular weight is 281 g/mol. The molecule has 0 aliphatic carbocycles.